The van der Waals surface area contributed by atoms with Gasteiger partial charge >= 0.3 is 0 Å². The predicted molar refractivity (Wildman–Crippen MR) is 88.8 cm³/mol. The standard InChI is InChI=1S/C17H19NO5S/c1-13-4-5-16(23-13)11-18(14-8-10-24(20,21)12-14)17(19)7-6-15-3-2-9-22-15/h2-7,9,14H,8,10-12H2,1H3/b7-6+. The number of furan rings is 2. The average Bonchev–Trinajstić information content (AvgIpc) is 3.24. The quantitative estimate of drug-likeness (QED) is 0.774. The first kappa shape index (κ1) is 16.6. The van der Waals surface area contributed by atoms with Crippen LogP contribution in [-0.2, 0) is 21.2 Å². The first-order chi connectivity index (χ1) is 11.4. The second-order valence-corrected chi connectivity index (χ2v) is 8.11. The zero-order chi connectivity index (χ0) is 17.2. The molecule has 1 amide bonds. The lowest BCUT2D eigenvalue weighted by Crippen LogP contribution is -2.39. The summed E-state index contributed by atoms with van der Waals surface area (Å²) in [4.78, 5) is 14.2. The first-order valence-electron chi connectivity index (χ1n) is 7.71. The number of sulfone groups is 1. The predicted octanol–water partition coefficient (Wildman–Crippen LogP) is 2.41. The monoisotopic (exact) mass is 349 g/mol. The van der Waals surface area contributed by atoms with Crippen molar-refractivity contribution in [3.05, 3.63) is 53.9 Å². The maximum absolute atomic E-state index is 12.6. The number of amides is 1. The average molecular weight is 349 g/mol. The Hall–Kier alpha value is -2.28. The molecule has 0 aliphatic carbocycles. The molecular weight excluding hydrogens is 330 g/mol. The van der Waals surface area contributed by atoms with E-state index >= 15 is 0 Å². The summed E-state index contributed by atoms with van der Waals surface area (Å²) in [6.07, 6.45) is 4.95. The number of carbonyl (C=O) groups excluding carboxylic acids is 1. The lowest BCUT2D eigenvalue weighted by atomic mass is 10.2. The van der Waals surface area contributed by atoms with Crippen LogP contribution in [0.1, 0.15) is 23.7 Å². The van der Waals surface area contributed by atoms with Gasteiger partial charge in [0.25, 0.3) is 0 Å². The van der Waals surface area contributed by atoms with E-state index in [9.17, 15) is 13.2 Å². The minimum absolute atomic E-state index is 0.00692. The fraction of sp³-hybridized carbons (Fsp3) is 0.353. The molecule has 128 valence electrons. The summed E-state index contributed by atoms with van der Waals surface area (Å²) in [5, 5.41) is 0. The topological polar surface area (TPSA) is 80.7 Å². The van der Waals surface area contributed by atoms with Crippen LogP contribution in [0, 0.1) is 6.92 Å². The highest BCUT2D eigenvalue weighted by molar-refractivity contribution is 7.91. The van der Waals surface area contributed by atoms with Crippen LogP contribution >= 0.6 is 0 Å². The molecule has 0 aromatic carbocycles. The first-order valence-corrected chi connectivity index (χ1v) is 9.53. The highest BCUT2D eigenvalue weighted by Crippen LogP contribution is 2.21. The number of rotatable bonds is 5. The van der Waals surface area contributed by atoms with Crippen molar-refractivity contribution in [3.8, 4) is 0 Å². The van der Waals surface area contributed by atoms with Crippen LogP contribution in [0.5, 0.6) is 0 Å². The maximum Gasteiger partial charge on any atom is 0.247 e. The van der Waals surface area contributed by atoms with Gasteiger partial charge in [-0.05, 0) is 43.7 Å². The summed E-state index contributed by atoms with van der Waals surface area (Å²) >= 11 is 0. The van der Waals surface area contributed by atoms with Gasteiger partial charge in [0.1, 0.15) is 17.3 Å². The normalized spacial score (nSPS) is 19.8. The largest absolute Gasteiger partial charge is 0.465 e. The molecule has 3 rings (SSSR count). The van der Waals surface area contributed by atoms with Gasteiger partial charge in [0.05, 0.1) is 24.3 Å². The summed E-state index contributed by atoms with van der Waals surface area (Å²) in [6.45, 7) is 2.07. The molecule has 0 radical (unpaired) electrons. The van der Waals surface area contributed by atoms with Gasteiger partial charge in [0.15, 0.2) is 9.84 Å². The Morgan fingerprint density at radius 2 is 2.21 bits per heavy atom. The summed E-state index contributed by atoms with van der Waals surface area (Å²) in [5.41, 5.74) is 0. The Morgan fingerprint density at radius 3 is 2.79 bits per heavy atom. The molecule has 1 unspecified atom stereocenters. The van der Waals surface area contributed by atoms with Gasteiger partial charge in [-0.25, -0.2) is 8.42 Å². The minimum Gasteiger partial charge on any atom is -0.465 e. The molecule has 7 heteroatoms. The third-order valence-electron chi connectivity index (χ3n) is 3.99. The van der Waals surface area contributed by atoms with Gasteiger partial charge < -0.3 is 13.7 Å². The third-order valence-corrected chi connectivity index (χ3v) is 5.74. The van der Waals surface area contributed by atoms with Crippen molar-refractivity contribution in [2.45, 2.75) is 25.9 Å². The van der Waals surface area contributed by atoms with Crippen LogP contribution in [0.4, 0.5) is 0 Å². The van der Waals surface area contributed by atoms with Crippen molar-refractivity contribution in [3.63, 3.8) is 0 Å². The Morgan fingerprint density at radius 1 is 1.38 bits per heavy atom. The van der Waals surface area contributed by atoms with Crippen LogP contribution in [0.3, 0.4) is 0 Å². The zero-order valence-corrected chi connectivity index (χ0v) is 14.2. The fourth-order valence-electron chi connectivity index (χ4n) is 2.78. The molecule has 2 aromatic heterocycles. The van der Waals surface area contributed by atoms with E-state index in [1.807, 2.05) is 13.0 Å². The van der Waals surface area contributed by atoms with E-state index in [0.29, 0.717) is 17.9 Å². The zero-order valence-electron chi connectivity index (χ0n) is 13.3. The molecular formula is C17H19NO5S. The number of aryl methyl sites for hydroxylation is 1. The molecule has 0 N–H and O–H groups in total. The lowest BCUT2D eigenvalue weighted by Gasteiger charge is -2.26. The van der Waals surface area contributed by atoms with Gasteiger partial charge in [0.2, 0.25) is 5.91 Å². The molecule has 0 bridgehead atoms. The van der Waals surface area contributed by atoms with Gasteiger partial charge in [-0.1, -0.05) is 0 Å². The van der Waals surface area contributed by atoms with Crippen LogP contribution in [0.15, 0.2) is 45.4 Å². The summed E-state index contributed by atoms with van der Waals surface area (Å²) < 4.78 is 34.3. The maximum atomic E-state index is 12.6. The van der Waals surface area contributed by atoms with E-state index < -0.39 is 9.84 Å². The molecule has 1 saturated heterocycles. The molecule has 1 aliphatic heterocycles. The van der Waals surface area contributed by atoms with Crippen LogP contribution in [-0.4, -0.2) is 36.8 Å². The fourth-order valence-corrected chi connectivity index (χ4v) is 4.51. The number of nitrogens with zero attached hydrogens (tertiary/aromatic N) is 1. The molecule has 2 aromatic rings. The summed E-state index contributed by atoms with van der Waals surface area (Å²) in [5.74, 6) is 1.80. The van der Waals surface area contributed by atoms with Crippen LogP contribution in [0.25, 0.3) is 6.08 Å². The van der Waals surface area contributed by atoms with Crippen molar-refractivity contribution in [1.29, 1.82) is 0 Å². The van der Waals surface area contributed by atoms with Crippen molar-refractivity contribution >= 4 is 21.8 Å². The van der Waals surface area contributed by atoms with E-state index in [0.717, 1.165) is 5.76 Å². The molecule has 3 heterocycles. The second-order valence-electron chi connectivity index (χ2n) is 5.88. The summed E-state index contributed by atoms with van der Waals surface area (Å²) in [6, 6.07) is 6.76. The SMILES string of the molecule is Cc1ccc(CN(C(=O)/C=C/c2ccco2)C2CCS(=O)(=O)C2)o1. The Kier molecular flexibility index (Phi) is 4.62. The van der Waals surface area contributed by atoms with Gasteiger partial charge in [-0.2, -0.15) is 0 Å². The Labute approximate surface area is 140 Å². The minimum atomic E-state index is -3.09. The molecule has 1 fully saturated rings. The molecule has 24 heavy (non-hydrogen) atoms. The number of carbonyl (C=O) groups is 1. The number of hydrogen-bond acceptors (Lipinski definition) is 5. The van der Waals surface area contributed by atoms with E-state index in [2.05, 4.69) is 0 Å². The highest BCUT2D eigenvalue weighted by Gasteiger charge is 2.34. The van der Waals surface area contributed by atoms with Gasteiger partial charge in [-0.3, -0.25) is 4.79 Å². The Balaban J connectivity index is 1.79. The van der Waals surface area contributed by atoms with Crippen LogP contribution < -0.4 is 0 Å². The molecule has 0 saturated carbocycles. The van der Waals surface area contributed by atoms with E-state index in [1.54, 1.807) is 29.2 Å². The van der Waals surface area contributed by atoms with Gasteiger partial charge in [0, 0.05) is 12.1 Å². The highest BCUT2D eigenvalue weighted by atomic mass is 32.2. The van der Waals surface area contributed by atoms with Crippen LogP contribution in [0.2, 0.25) is 0 Å². The van der Waals surface area contributed by atoms with Gasteiger partial charge in [-0.15, -0.1) is 0 Å². The summed E-state index contributed by atoms with van der Waals surface area (Å²) in [7, 11) is -3.09. The smallest absolute Gasteiger partial charge is 0.247 e. The molecule has 6 nitrogen and oxygen atoms in total. The van der Waals surface area contributed by atoms with Crippen molar-refractivity contribution in [1.82, 2.24) is 4.90 Å². The van der Waals surface area contributed by atoms with Crippen molar-refractivity contribution in [2.24, 2.45) is 0 Å². The lowest BCUT2D eigenvalue weighted by molar-refractivity contribution is -0.128. The second kappa shape index (κ2) is 6.68. The van der Waals surface area contributed by atoms with Crippen molar-refractivity contribution in [2.75, 3.05) is 11.5 Å². The third kappa shape index (κ3) is 3.97. The van der Waals surface area contributed by atoms with E-state index in [1.165, 1.54) is 12.3 Å². The van der Waals surface area contributed by atoms with E-state index in [-0.39, 0.29) is 30.0 Å². The van der Waals surface area contributed by atoms with E-state index in [4.69, 9.17) is 8.83 Å². The van der Waals surface area contributed by atoms with Crippen molar-refractivity contribution < 1.29 is 22.0 Å². The molecule has 0 spiro atoms. The molecule has 1 aliphatic rings. The number of hydrogen-bond donors (Lipinski definition) is 0. The molecule has 1 atom stereocenters. The Bertz CT molecular complexity index is 832.